The van der Waals surface area contributed by atoms with Crippen molar-refractivity contribution in [2.45, 2.75) is 57.2 Å². The summed E-state index contributed by atoms with van der Waals surface area (Å²) < 4.78 is 1.19. The molecule has 1 aromatic heterocycles. The predicted molar refractivity (Wildman–Crippen MR) is 107 cm³/mol. The number of carbonyl (C=O) groups is 3. The van der Waals surface area contributed by atoms with E-state index < -0.39 is 17.8 Å². The zero-order chi connectivity index (χ0) is 21.9. The minimum absolute atomic E-state index is 0.0826. The number of amides is 2. The largest absolute Gasteiger partial charge is 0.483 e. The second-order valence-electron chi connectivity index (χ2n) is 7.37. The van der Waals surface area contributed by atoms with Crippen molar-refractivity contribution in [2.75, 3.05) is 6.54 Å². The molecule has 1 fully saturated rings. The Morgan fingerprint density at radius 3 is 2.73 bits per heavy atom. The number of hydrogen-bond acceptors (Lipinski definition) is 6. The summed E-state index contributed by atoms with van der Waals surface area (Å²) in [5.74, 6) is -0.793. The van der Waals surface area contributed by atoms with Gasteiger partial charge in [-0.2, -0.15) is 0 Å². The van der Waals surface area contributed by atoms with Crippen LogP contribution in [0.5, 0.6) is 0 Å². The monoisotopic (exact) mass is 420 g/mol. The van der Waals surface area contributed by atoms with E-state index in [0.717, 1.165) is 19.3 Å². The first-order chi connectivity index (χ1) is 14.4. The number of carboxylic acid groups (broad SMARTS) is 1. The molecular weight excluding hydrogens is 392 g/mol. The van der Waals surface area contributed by atoms with Gasteiger partial charge in [-0.05, 0) is 44.6 Å². The van der Waals surface area contributed by atoms with Crippen LogP contribution in [0.15, 0.2) is 34.9 Å². The smallest absolute Gasteiger partial charge is 0.347 e. The van der Waals surface area contributed by atoms with Gasteiger partial charge in [0.05, 0.1) is 12.1 Å². The van der Waals surface area contributed by atoms with Crippen LogP contribution < -0.4 is 16.3 Å². The number of nitrogens with one attached hydrogen (secondary N) is 2. The Labute approximate surface area is 174 Å². The molecule has 30 heavy (non-hydrogen) atoms. The molecule has 0 saturated heterocycles. The van der Waals surface area contributed by atoms with Gasteiger partial charge >= 0.3 is 5.69 Å². The Bertz CT molecular complexity index is 822. The molecule has 2 amide bonds. The van der Waals surface area contributed by atoms with Crippen molar-refractivity contribution in [3.8, 4) is 0 Å². The van der Waals surface area contributed by atoms with Crippen molar-refractivity contribution < 1.29 is 24.6 Å². The summed E-state index contributed by atoms with van der Waals surface area (Å²) in [5.41, 5.74) is 0.758. The van der Waals surface area contributed by atoms with Gasteiger partial charge in [-0.1, -0.05) is 11.6 Å². The van der Waals surface area contributed by atoms with E-state index in [0.29, 0.717) is 19.4 Å². The lowest BCUT2D eigenvalue weighted by Gasteiger charge is -2.17. The average molecular weight is 420 g/mol. The number of aliphatic hydroxyl groups is 1. The van der Waals surface area contributed by atoms with Gasteiger partial charge in [0.2, 0.25) is 11.8 Å². The standard InChI is InChI=1S/C19H26N4O4.CH2O2/c24-16-10-14(18(26)21-11-13-5-2-1-3-6-13)9-15(16)22-17(25)12-23-8-4-7-20-19(23)27;2-1-3/h4-5,7-8,14-16,24H,1-3,6,9-12H2,(H,21,26)(H,22,25);1H,(H,2,3)/t14-,15+,16+;/m0./s1. The molecule has 0 spiro atoms. The van der Waals surface area contributed by atoms with E-state index >= 15 is 0 Å². The van der Waals surface area contributed by atoms with Gasteiger partial charge in [0.25, 0.3) is 6.47 Å². The van der Waals surface area contributed by atoms with E-state index in [1.807, 2.05) is 0 Å². The maximum atomic E-state index is 12.4. The lowest BCUT2D eigenvalue weighted by molar-refractivity contribution is -0.125. The molecule has 0 bridgehead atoms. The highest BCUT2D eigenvalue weighted by molar-refractivity contribution is 5.80. The van der Waals surface area contributed by atoms with Crippen LogP contribution in [-0.2, 0) is 20.9 Å². The molecule has 3 rings (SSSR count). The maximum Gasteiger partial charge on any atom is 0.347 e. The second-order valence-corrected chi connectivity index (χ2v) is 7.37. The number of aromatic nitrogens is 2. The zero-order valence-corrected chi connectivity index (χ0v) is 16.7. The van der Waals surface area contributed by atoms with Crippen LogP contribution in [0.1, 0.15) is 38.5 Å². The van der Waals surface area contributed by atoms with Gasteiger partial charge < -0.3 is 20.8 Å². The fraction of sp³-hybridized carbons (Fsp3) is 0.550. The number of aliphatic hydroxyl groups excluding tert-OH is 1. The third-order valence-corrected chi connectivity index (χ3v) is 5.22. The molecule has 3 atom stereocenters. The van der Waals surface area contributed by atoms with Gasteiger partial charge in [0.1, 0.15) is 6.54 Å². The minimum atomic E-state index is -0.774. The van der Waals surface area contributed by atoms with Gasteiger partial charge in [-0.25, -0.2) is 9.78 Å². The molecule has 10 nitrogen and oxygen atoms in total. The lowest BCUT2D eigenvalue weighted by atomic mass is 9.99. The number of rotatable bonds is 6. The number of carbonyl (C=O) groups excluding carboxylic acids is 2. The Morgan fingerprint density at radius 2 is 2.07 bits per heavy atom. The fourth-order valence-electron chi connectivity index (χ4n) is 3.71. The second kappa shape index (κ2) is 11.9. The Balaban J connectivity index is 0.00000101. The normalized spacial score (nSPS) is 22.8. The highest BCUT2D eigenvalue weighted by Gasteiger charge is 2.37. The highest BCUT2D eigenvalue weighted by atomic mass is 16.3. The summed E-state index contributed by atoms with van der Waals surface area (Å²) in [6.45, 7) is 0.146. The molecule has 2 aliphatic rings. The molecule has 0 unspecified atom stereocenters. The zero-order valence-electron chi connectivity index (χ0n) is 16.7. The summed E-state index contributed by atoms with van der Waals surface area (Å²) in [6.07, 6.45) is 9.45. The third kappa shape index (κ3) is 7.11. The van der Waals surface area contributed by atoms with Crippen LogP contribution in [0.3, 0.4) is 0 Å². The number of allylic oxidation sites excluding steroid dienone is 1. The lowest BCUT2D eigenvalue weighted by Crippen LogP contribution is -2.43. The van der Waals surface area contributed by atoms with E-state index in [-0.39, 0.29) is 30.7 Å². The quantitative estimate of drug-likeness (QED) is 0.368. The summed E-state index contributed by atoms with van der Waals surface area (Å²) >= 11 is 0. The van der Waals surface area contributed by atoms with Crippen LogP contribution in [0, 0.1) is 5.92 Å². The van der Waals surface area contributed by atoms with Crippen LogP contribution in [0.25, 0.3) is 0 Å². The Morgan fingerprint density at radius 1 is 1.30 bits per heavy atom. The summed E-state index contributed by atoms with van der Waals surface area (Å²) in [4.78, 5) is 48.1. The van der Waals surface area contributed by atoms with Crippen LogP contribution >= 0.6 is 0 Å². The molecular formula is C20H28N4O6. The van der Waals surface area contributed by atoms with Crippen molar-refractivity contribution in [2.24, 2.45) is 5.92 Å². The van der Waals surface area contributed by atoms with E-state index in [9.17, 15) is 19.5 Å². The fourth-order valence-corrected chi connectivity index (χ4v) is 3.71. The first-order valence-corrected chi connectivity index (χ1v) is 9.97. The van der Waals surface area contributed by atoms with Crippen molar-refractivity contribution >= 4 is 18.3 Å². The Kier molecular flexibility index (Phi) is 9.20. The molecule has 0 radical (unpaired) electrons. The van der Waals surface area contributed by atoms with Crippen molar-refractivity contribution in [1.29, 1.82) is 0 Å². The Hall–Kier alpha value is -3.01. The number of hydrogen-bond donors (Lipinski definition) is 4. The van der Waals surface area contributed by atoms with Crippen molar-refractivity contribution in [1.82, 2.24) is 20.2 Å². The van der Waals surface area contributed by atoms with Crippen LogP contribution in [0.4, 0.5) is 0 Å². The van der Waals surface area contributed by atoms with Gasteiger partial charge in [0.15, 0.2) is 0 Å². The van der Waals surface area contributed by atoms with E-state index in [1.54, 1.807) is 6.07 Å². The summed E-state index contributed by atoms with van der Waals surface area (Å²) in [5, 5.41) is 22.8. The van der Waals surface area contributed by atoms with E-state index in [4.69, 9.17) is 9.90 Å². The maximum absolute atomic E-state index is 12.4. The van der Waals surface area contributed by atoms with Crippen molar-refractivity contribution in [3.05, 3.63) is 40.6 Å². The third-order valence-electron chi connectivity index (χ3n) is 5.22. The van der Waals surface area contributed by atoms with Gasteiger partial charge in [-0.3, -0.25) is 19.0 Å². The summed E-state index contributed by atoms with van der Waals surface area (Å²) in [7, 11) is 0. The molecule has 2 aliphatic carbocycles. The van der Waals surface area contributed by atoms with Gasteiger partial charge in [-0.15, -0.1) is 0 Å². The molecule has 4 N–H and O–H groups in total. The number of nitrogens with zero attached hydrogens (tertiary/aromatic N) is 2. The van der Waals surface area contributed by atoms with Gasteiger partial charge in [0, 0.05) is 24.9 Å². The molecule has 1 aromatic rings. The SMILES string of the molecule is O=C(Cn1cccnc1=O)N[C@@H]1C[C@H](C(=O)NCC2=CCCCC2)C[C@H]1O.O=CO. The molecule has 0 aromatic carbocycles. The van der Waals surface area contributed by atoms with E-state index in [1.165, 1.54) is 29.0 Å². The summed E-state index contributed by atoms with van der Waals surface area (Å²) in [6, 6.07) is 1.08. The molecule has 10 heteroatoms. The topological polar surface area (TPSA) is 151 Å². The average Bonchev–Trinajstić information content (AvgIpc) is 3.09. The predicted octanol–water partition coefficient (Wildman–Crippen LogP) is -0.184. The van der Waals surface area contributed by atoms with E-state index in [2.05, 4.69) is 21.7 Å². The molecule has 164 valence electrons. The van der Waals surface area contributed by atoms with Crippen LogP contribution in [-0.4, -0.2) is 56.7 Å². The minimum Gasteiger partial charge on any atom is -0.483 e. The first-order valence-electron chi connectivity index (χ1n) is 9.97. The highest BCUT2D eigenvalue weighted by Crippen LogP contribution is 2.26. The molecule has 0 aliphatic heterocycles. The van der Waals surface area contributed by atoms with Crippen LogP contribution in [0.2, 0.25) is 0 Å². The first kappa shape index (κ1) is 23.3. The molecule has 1 heterocycles. The van der Waals surface area contributed by atoms with Crippen molar-refractivity contribution in [3.63, 3.8) is 0 Å². The molecule has 1 saturated carbocycles.